The molecule has 41 heavy (non-hydrogen) atoms. The van der Waals surface area contributed by atoms with Crippen LogP contribution in [0.25, 0.3) is 21.8 Å². The minimum atomic E-state index is -4.67. The third-order valence-electron chi connectivity index (χ3n) is 5.72. The highest BCUT2D eigenvalue weighted by molar-refractivity contribution is 7.79. The Balaban J connectivity index is 0.000000247. The van der Waals surface area contributed by atoms with Crippen LogP contribution in [0.2, 0.25) is 0 Å². The Bertz CT molecular complexity index is 1410. The third kappa shape index (κ3) is 11.2. The highest BCUT2D eigenvalue weighted by atomic mass is 32.3. The number of phenolic OH excluding ortho intramolecular Hbond substituents is 2. The van der Waals surface area contributed by atoms with Crippen molar-refractivity contribution in [2.45, 2.75) is 52.0 Å². The molecule has 0 amide bonds. The third-order valence-corrected chi connectivity index (χ3v) is 5.72. The Labute approximate surface area is 239 Å². The van der Waals surface area contributed by atoms with Gasteiger partial charge in [0.1, 0.15) is 22.5 Å². The van der Waals surface area contributed by atoms with E-state index in [0.29, 0.717) is 36.2 Å². The molecule has 2 atom stereocenters. The largest absolute Gasteiger partial charge is 0.506 e. The van der Waals surface area contributed by atoms with Gasteiger partial charge < -0.3 is 31.1 Å². The van der Waals surface area contributed by atoms with Gasteiger partial charge in [-0.1, -0.05) is 52.0 Å². The van der Waals surface area contributed by atoms with Crippen LogP contribution in [-0.4, -0.2) is 73.1 Å². The summed E-state index contributed by atoms with van der Waals surface area (Å²) in [5, 5.41) is 47.8. The minimum absolute atomic E-state index is 0.137. The molecule has 0 aliphatic heterocycles. The second-order valence-corrected chi connectivity index (χ2v) is 10.6. The number of aromatic hydroxyl groups is 2. The molecule has 0 spiro atoms. The molecular weight excluding hydrogens is 552 g/mol. The molecule has 4 rings (SSSR count). The molecule has 0 bridgehead atoms. The van der Waals surface area contributed by atoms with Crippen LogP contribution in [0.3, 0.4) is 0 Å². The van der Waals surface area contributed by atoms with Gasteiger partial charge in [0.15, 0.2) is 0 Å². The second kappa shape index (κ2) is 15.5. The number of hydrogen-bond acceptors (Lipinski definition) is 10. The smallest absolute Gasteiger partial charge is 0.394 e. The standard InChI is InChI=1S/2C14H18N2O2.H2O4S/c2*1-9(2)16-8-13(18)10-5-6-12(17)14-11(10)4-3-7-15-14;1-5(2,3)4/h2*3-7,9,13,16-18H,8H2,1-2H3;(H2,1,2,3,4). The molecule has 4 aromatic rings. The normalized spacial score (nSPS) is 12.9. The topological polar surface area (TPSA) is 205 Å². The van der Waals surface area contributed by atoms with Crippen molar-refractivity contribution in [3.05, 3.63) is 72.1 Å². The van der Waals surface area contributed by atoms with E-state index in [-0.39, 0.29) is 11.5 Å². The Morgan fingerprint density at radius 3 is 1.34 bits per heavy atom. The van der Waals surface area contributed by atoms with E-state index < -0.39 is 22.6 Å². The molecule has 2 aromatic carbocycles. The summed E-state index contributed by atoms with van der Waals surface area (Å²) in [6.45, 7) is 9.08. The molecule has 0 aliphatic carbocycles. The zero-order valence-corrected chi connectivity index (χ0v) is 24.1. The van der Waals surface area contributed by atoms with Crippen LogP contribution in [0.1, 0.15) is 51.0 Å². The summed E-state index contributed by atoms with van der Waals surface area (Å²) >= 11 is 0. The SMILES string of the molecule is CC(C)NCC(O)c1ccc(O)c2ncccc12.CC(C)NCC(O)c1ccc(O)c2ncccc12.O=S(=O)(O)O. The maximum atomic E-state index is 10.2. The predicted molar refractivity (Wildman–Crippen MR) is 157 cm³/mol. The van der Waals surface area contributed by atoms with Gasteiger partial charge in [-0.15, -0.1) is 0 Å². The quantitative estimate of drug-likeness (QED) is 0.139. The first kappa shape index (κ1) is 33.8. The summed E-state index contributed by atoms with van der Waals surface area (Å²) in [6, 6.07) is 14.6. The van der Waals surface area contributed by atoms with Gasteiger partial charge in [-0.25, -0.2) is 0 Å². The minimum Gasteiger partial charge on any atom is -0.506 e. The Kier molecular flexibility index (Phi) is 12.8. The molecule has 8 N–H and O–H groups in total. The van der Waals surface area contributed by atoms with Crippen LogP contribution in [0.4, 0.5) is 0 Å². The highest BCUT2D eigenvalue weighted by Crippen LogP contribution is 2.30. The van der Waals surface area contributed by atoms with Gasteiger partial charge >= 0.3 is 10.4 Å². The molecule has 0 radical (unpaired) electrons. The van der Waals surface area contributed by atoms with Gasteiger partial charge in [0.25, 0.3) is 0 Å². The summed E-state index contributed by atoms with van der Waals surface area (Å²) in [5.41, 5.74) is 2.62. The Morgan fingerprint density at radius 2 is 1.02 bits per heavy atom. The lowest BCUT2D eigenvalue weighted by atomic mass is 10.0. The van der Waals surface area contributed by atoms with Crippen molar-refractivity contribution < 1.29 is 37.9 Å². The van der Waals surface area contributed by atoms with Crippen molar-refractivity contribution in [3.63, 3.8) is 0 Å². The number of pyridine rings is 2. The van der Waals surface area contributed by atoms with Gasteiger partial charge in [-0.3, -0.25) is 19.1 Å². The molecule has 0 saturated heterocycles. The predicted octanol–water partition coefficient (Wildman–Crippen LogP) is 3.29. The first-order valence-electron chi connectivity index (χ1n) is 12.8. The molecule has 13 heteroatoms. The monoisotopic (exact) mass is 590 g/mol. The maximum Gasteiger partial charge on any atom is 0.394 e. The highest BCUT2D eigenvalue weighted by Gasteiger charge is 2.15. The lowest BCUT2D eigenvalue weighted by molar-refractivity contribution is 0.173. The van der Waals surface area contributed by atoms with Crippen molar-refractivity contribution >= 4 is 32.2 Å². The molecule has 0 fully saturated rings. The van der Waals surface area contributed by atoms with Gasteiger partial charge in [-0.2, -0.15) is 8.42 Å². The van der Waals surface area contributed by atoms with Crippen molar-refractivity contribution in [1.29, 1.82) is 0 Å². The van der Waals surface area contributed by atoms with Crippen LogP contribution in [-0.2, 0) is 10.4 Å². The van der Waals surface area contributed by atoms with Crippen molar-refractivity contribution in [3.8, 4) is 11.5 Å². The van der Waals surface area contributed by atoms with Crippen molar-refractivity contribution in [1.82, 2.24) is 20.6 Å². The zero-order valence-electron chi connectivity index (χ0n) is 23.3. The molecule has 0 saturated carbocycles. The van der Waals surface area contributed by atoms with Crippen LogP contribution in [0.15, 0.2) is 60.9 Å². The molecule has 224 valence electrons. The van der Waals surface area contributed by atoms with Crippen LogP contribution < -0.4 is 10.6 Å². The number of fused-ring (bicyclic) bond motifs is 2. The average Bonchev–Trinajstić information content (AvgIpc) is 2.90. The number of hydrogen-bond donors (Lipinski definition) is 8. The Hall–Kier alpha value is -3.43. The molecule has 0 aliphatic rings. The number of phenols is 2. The number of nitrogens with zero attached hydrogens (tertiary/aromatic N) is 2. The first-order chi connectivity index (χ1) is 19.2. The average molecular weight is 591 g/mol. The number of aromatic nitrogens is 2. The number of aliphatic hydroxyl groups is 2. The van der Waals surface area contributed by atoms with E-state index in [0.717, 1.165) is 21.9 Å². The maximum absolute atomic E-state index is 10.2. The lowest BCUT2D eigenvalue weighted by Gasteiger charge is -2.16. The Morgan fingerprint density at radius 1 is 0.683 bits per heavy atom. The summed E-state index contributed by atoms with van der Waals surface area (Å²) in [6.07, 6.45) is 2.04. The number of rotatable bonds is 8. The van der Waals surface area contributed by atoms with E-state index >= 15 is 0 Å². The van der Waals surface area contributed by atoms with E-state index in [9.17, 15) is 20.4 Å². The van der Waals surface area contributed by atoms with E-state index in [1.807, 2.05) is 39.8 Å². The fourth-order valence-electron chi connectivity index (χ4n) is 3.86. The van der Waals surface area contributed by atoms with Gasteiger partial charge in [0.05, 0.1) is 12.2 Å². The molecular formula is C28H38N4O8S. The number of aliphatic hydroxyl groups excluding tert-OH is 2. The summed E-state index contributed by atoms with van der Waals surface area (Å²) in [7, 11) is -4.67. The van der Waals surface area contributed by atoms with Crippen LogP contribution in [0.5, 0.6) is 11.5 Å². The van der Waals surface area contributed by atoms with E-state index in [2.05, 4.69) is 20.6 Å². The van der Waals surface area contributed by atoms with E-state index in [4.69, 9.17) is 17.5 Å². The second-order valence-electron chi connectivity index (χ2n) is 9.75. The van der Waals surface area contributed by atoms with Gasteiger partial charge in [0.2, 0.25) is 0 Å². The lowest BCUT2D eigenvalue weighted by Crippen LogP contribution is -2.28. The van der Waals surface area contributed by atoms with E-state index in [1.54, 1.807) is 48.8 Å². The molecule has 12 nitrogen and oxygen atoms in total. The van der Waals surface area contributed by atoms with Crippen molar-refractivity contribution in [2.24, 2.45) is 0 Å². The molecule has 2 unspecified atom stereocenters. The van der Waals surface area contributed by atoms with E-state index in [1.165, 1.54) is 0 Å². The zero-order chi connectivity index (χ0) is 30.7. The summed E-state index contributed by atoms with van der Waals surface area (Å²) < 4.78 is 31.6. The summed E-state index contributed by atoms with van der Waals surface area (Å²) in [5.74, 6) is 0.275. The van der Waals surface area contributed by atoms with Crippen LogP contribution in [0, 0.1) is 0 Å². The number of benzene rings is 2. The fraction of sp³-hybridized carbons (Fsp3) is 0.357. The molecule has 2 heterocycles. The van der Waals surface area contributed by atoms with Gasteiger partial charge in [0, 0.05) is 48.3 Å². The fourth-order valence-corrected chi connectivity index (χ4v) is 3.86. The molecule has 2 aromatic heterocycles. The van der Waals surface area contributed by atoms with Crippen LogP contribution >= 0.6 is 0 Å². The first-order valence-corrected chi connectivity index (χ1v) is 14.2. The van der Waals surface area contributed by atoms with Crippen molar-refractivity contribution in [2.75, 3.05) is 13.1 Å². The van der Waals surface area contributed by atoms with Gasteiger partial charge in [-0.05, 0) is 35.4 Å². The summed E-state index contributed by atoms with van der Waals surface area (Å²) in [4.78, 5) is 8.28. The number of nitrogens with one attached hydrogen (secondary N) is 2.